The molecular formula is C16H18N2O3. The van der Waals surface area contributed by atoms with Crippen molar-refractivity contribution >= 4 is 11.9 Å². The molecule has 1 aromatic rings. The van der Waals surface area contributed by atoms with Gasteiger partial charge >= 0.3 is 5.97 Å². The third-order valence-corrected chi connectivity index (χ3v) is 4.13. The first-order valence-corrected chi connectivity index (χ1v) is 7.09. The lowest BCUT2D eigenvalue weighted by atomic mass is 9.74. The summed E-state index contributed by atoms with van der Waals surface area (Å²) in [6.45, 7) is 0.154. The Bertz CT molecular complexity index is 566. The Kier molecular flexibility index (Phi) is 4.59. The van der Waals surface area contributed by atoms with E-state index in [4.69, 9.17) is 5.26 Å². The molecule has 0 spiro atoms. The number of nitriles is 1. The summed E-state index contributed by atoms with van der Waals surface area (Å²) in [4.78, 5) is 23.6. The number of carbonyl (C=O) groups excluding carboxylic acids is 1. The van der Waals surface area contributed by atoms with Gasteiger partial charge in [-0.15, -0.1) is 0 Å². The zero-order valence-corrected chi connectivity index (χ0v) is 11.8. The van der Waals surface area contributed by atoms with Gasteiger partial charge in [0.05, 0.1) is 17.0 Å². The maximum absolute atomic E-state index is 12.1. The molecule has 1 aromatic carbocycles. The van der Waals surface area contributed by atoms with Crippen LogP contribution in [0.15, 0.2) is 24.3 Å². The van der Waals surface area contributed by atoms with Crippen LogP contribution in [0, 0.1) is 16.7 Å². The number of hydrogen-bond donors (Lipinski definition) is 2. The van der Waals surface area contributed by atoms with Crippen molar-refractivity contribution in [3.63, 3.8) is 0 Å². The third-order valence-electron chi connectivity index (χ3n) is 4.13. The molecule has 0 unspecified atom stereocenters. The van der Waals surface area contributed by atoms with E-state index in [1.54, 1.807) is 24.3 Å². The number of benzene rings is 1. The minimum absolute atomic E-state index is 0.154. The Labute approximate surface area is 123 Å². The van der Waals surface area contributed by atoms with Crippen LogP contribution in [0.25, 0.3) is 0 Å². The van der Waals surface area contributed by atoms with Gasteiger partial charge < -0.3 is 10.4 Å². The standard InChI is InChI=1S/C16H18N2O3/c17-10-12-4-6-13(7-5-12)14(19)18-11-16(15(20)21)8-2-1-3-9-16/h4-7H,1-3,8-9,11H2,(H,18,19)(H,20,21). The Morgan fingerprint density at radius 1 is 1.19 bits per heavy atom. The Morgan fingerprint density at radius 2 is 1.81 bits per heavy atom. The van der Waals surface area contributed by atoms with Crippen LogP contribution in [-0.4, -0.2) is 23.5 Å². The highest BCUT2D eigenvalue weighted by molar-refractivity contribution is 5.94. The third kappa shape index (κ3) is 3.40. The molecule has 0 radical (unpaired) electrons. The molecule has 1 aliphatic rings. The average molecular weight is 286 g/mol. The summed E-state index contributed by atoms with van der Waals surface area (Å²) in [6.07, 6.45) is 4.04. The van der Waals surface area contributed by atoms with E-state index in [-0.39, 0.29) is 12.5 Å². The first kappa shape index (κ1) is 15.0. The Hall–Kier alpha value is -2.35. The number of nitrogens with zero attached hydrogens (tertiary/aromatic N) is 1. The van der Waals surface area contributed by atoms with Gasteiger partial charge in [0.2, 0.25) is 0 Å². The molecule has 1 amide bonds. The molecule has 0 aliphatic heterocycles. The number of rotatable bonds is 4. The topological polar surface area (TPSA) is 90.2 Å². The van der Waals surface area contributed by atoms with Crippen LogP contribution in [0.4, 0.5) is 0 Å². The van der Waals surface area contributed by atoms with E-state index in [0.717, 1.165) is 19.3 Å². The number of carboxylic acids is 1. The van der Waals surface area contributed by atoms with E-state index in [2.05, 4.69) is 5.32 Å². The lowest BCUT2D eigenvalue weighted by Crippen LogP contribution is -2.44. The fourth-order valence-corrected chi connectivity index (χ4v) is 2.74. The van der Waals surface area contributed by atoms with Gasteiger partial charge in [-0.25, -0.2) is 0 Å². The van der Waals surface area contributed by atoms with Gasteiger partial charge in [-0.2, -0.15) is 5.26 Å². The molecule has 1 aliphatic carbocycles. The Morgan fingerprint density at radius 3 is 2.33 bits per heavy atom. The molecule has 1 saturated carbocycles. The molecule has 0 saturated heterocycles. The van der Waals surface area contributed by atoms with Crippen molar-refractivity contribution in [3.05, 3.63) is 35.4 Å². The molecular weight excluding hydrogens is 268 g/mol. The number of carbonyl (C=O) groups is 2. The SMILES string of the molecule is N#Cc1ccc(C(=O)NCC2(C(=O)O)CCCCC2)cc1. The number of nitrogens with one attached hydrogen (secondary N) is 1. The second-order valence-corrected chi connectivity index (χ2v) is 5.52. The summed E-state index contributed by atoms with van der Waals surface area (Å²) >= 11 is 0. The smallest absolute Gasteiger partial charge is 0.311 e. The lowest BCUT2D eigenvalue weighted by molar-refractivity contribution is -0.150. The van der Waals surface area contributed by atoms with Gasteiger partial charge in [0.25, 0.3) is 5.91 Å². The van der Waals surface area contributed by atoms with Gasteiger partial charge in [-0.05, 0) is 37.1 Å². The molecule has 1 fully saturated rings. The molecule has 2 N–H and O–H groups in total. The lowest BCUT2D eigenvalue weighted by Gasteiger charge is -2.33. The van der Waals surface area contributed by atoms with E-state index >= 15 is 0 Å². The van der Waals surface area contributed by atoms with Crippen molar-refractivity contribution in [3.8, 4) is 6.07 Å². The normalized spacial score (nSPS) is 16.7. The van der Waals surface area contributed by atoms with Crippen molar-refractivity contribution in [1.82, 2.24) is 5.32 Å². The van der Waals surface area contributed by atoms with Crippen molar-refractivity contribution in [1.29, 1.82) is 5.26 Å². The Balaban J connectivity index is 2.01. The van der Waals surface area contributed by atoms with E-state index in [1.807, 2.05) is 6.07 Å². The summed E-state index contributed by atoms with van der Waals surface area (Å²) in [7, 11) is 0. The van der Waals surface area contributed by atoms with Crippen LogP contribution in [0.2, 0.25) is 0 Å². The molecule has 0 heterocycles. The average Bonchev–Trinajstić information content (AvgIpc) is 2.53. The molecule has 110 valence electrons. The van der Waals surface area contributed by atoms with Crippen molar-refractivity contribution in [2.75, 3.05) is 6.54 Å². The van der Waals surface area contributed by atoms with Crippen LogP contribution in [0.1, 0.15) is 48.0 Å². The molecule has 5 heteroatoms. The largest absolute Gasteiger partial charge is 0.481 e. The van der Waals surface area contributed by atoms with Crippen LogP contribution < -0.4 is 5.32 Å². The van der Waals surface area contributed by atoms with Gasteiger partial charge in [0.15, 0.2) is 0 Å². The summed E-state index contributed by atoms with van der Waals surface area (Å²) in [5.74, 6) is -1.13. The van der Waals surface area contributed by atoms with Crippen LogP contribution >= 0.6 is 0 Å². The predicted molar refractivity (Wildman–Crippen MR) is 76.6 cm³/mol. The zero-order valence-electron chi connectivity index (χ0n) is 11.8. The molecule has 21 heavy (non-hydrogen) atoms. The zero-order chi connectivity index (χ0) is 15.3. The monoisotopic (exact) mass is 286 g/mol. The van der Waals surface area contributed by atoms with E-state index in [9.17, 15) is 14.7 Å². The maximum atomic E-state index is 12.1. The molecule has 5 nitrogen and oxygen atoms in total. The molecule has 0 bridgehead atoms. The van der Waals surface area contributed by atoms with Crippen molar-refractivity contribution in [2.45, 2.75) is 32.1 Å². The number of hydrogen-bond acceptors (Lipinski definition) is 3. The van der Waals surface area contributed by atoms with Gasteiger partial charge in [0.1, 0.15) is 0 Å². The minimum Gasteiger partial charge on any atom is -0.481 e. The first-order valence-electron chi connectivity index (χ1n) is 7.09. The van der Waals surface area contributed by atoms with Crippen LogP contribution in [0.5, 0.6) is 0 Å². The number of carboxylic acid groups (broad SMARTS) is 1. The van der Waals surface area contributed by atoms with Gasteiger partial charge in [0, 0.05) is 12.1 Å². The molecule has 0 atom stereocenters. The summed E-state index contributed by atoms with van der Waals surface area (Å²) in [5.41, 5.74) is 0.0896. The number of amides is 1. The minimum atomic E-state index is -0.833. The molecule has 2 rings (SSSR count). The highest BCUT2D eigenvalue weighted by atomic mass is 16.4. The summed E-state index contributed by atoms with van der Waals surface area (Å²) < 4.78 is 0. The van der Waals surface area contributed by atoms with Crippen molar-refractivity contribution < 1.29 is 14.7 Å². The summed E-state index contributed by atoms with van der Waals surface area (Å²) in [6, 6.07) is 8.28. The maximum Gasteiger partial charge on any atom is 0.311 e. The number of aliphatic carboxylic acids is 1. The highest BCUT2D eigenvalue weighted by Gasteiger charge is 2.39. The second kappa shape index (κ2) is 6.40. The van der Waals surface area contributed by atoms with Crippen LogP contribution in [-0.2, 0) is 4.79 Å². The summed E-state index contributed by atoms with van der Waals surface area (Å²) in [5, 5.41) is 20.9. The van der Waals surface area contributed by atoms with Gasteiger partial charge in [-0.1, -0.05) is 19.3 Å². The second-order valence-electron chi connectivity index (χ2n) is 5.52. The fraction of sp³-hybridized carbons (Fsp3) is 0.438. The van der Waals surface area contributed by atoms with E-state index in [1.165, 1.54) is 0 Å². The van der Waals surface area contributed by atoms with E-state index < -0.39 is 11.4 Å². The van der Waals surface area contributed by atoms with Gasteiger partial charge in [-0.3, -0.25) is 9.59 Å². The quantitative estimate of drug-likeness (QED) is 0.888. The fourth-order valence-electron chi connectivity index (χ4n) is 2.74. The van der Waals surface area contributed by atoms with Crippen molar-refractivity contribution in [2.24, 2.45) is 5.41 Å². The first-order chi connectivity index (χ1) is 10.1. The highest BCUT2D eigenvalue weighted by Crippen LogP contribution is 2.36. The van der Waals surface area contributed by atoms with E-state index in [0.29, 0.717) is 24.0 Å². The van der Waals surface area contributed by atoms with Crippen LogP contribution in [0.3, 0.4) is 0 Å². The molecule has 0 aromatic heterocycles. The predicted octanol–water partition coefficient (Wildman–Crippen LogP) is 2.32.